The lowest BCUT2D eigenvalue weighted by molar-refractivity contribution is 0.0925. The van der Waals surface area contributed by atoms with Crippen molar-refractivity contribution in [2.75, 3.05) is 5.73 Å². The number of amides is 1. The first-order chi connectivity index (χ1) is 10.1. The molecule has 0 spiro atoms. The van der Waals surface area contributed by atoms with E-state index < -0.39 is 0 Å². The zero-order valence-electron chi connectivity index (χ0n) is 11.7. The highest BCUT2D eigenvalue weighted by atomic mass is 16.3. The lowest BCUT2D eigenvalue weighted by Gasteiger charge is -2.03. The molecule has 4 heteroatoms. The van der Waals surface area contributed by atoms with Crippen LogP contribution in [0.5, 0.6) is 0 Å². The van der Waals surface area contributed by atoms with Crippen molar-refractivity contribution >= 4 is 22.6 Å². The SMILES string of the molecule is Cc1ccc2oc(C(=O)NCc3ccc(N)cc3)cc2c1. The van der Waals surface area contributed by atoms with E-state index in [1.54, 1.807) is 6.07 Å². The maximum absolute atomic E-state index is 12.1. The number of carbonyl (C=O) groups is 1. The van der Waals surface area contributed by atoms with E-state index in [0.29, 0.717) is 18.0 Å². The summed E-state index contributed by atoms with van der Waals surface area (Å²) < 4.78 is 5.56. The molecule has 0 saturated heterocycles. The summed E-state index contributed by atoms with van der Waals surface area (Å²) in [4.78, 5) is 12.1. The van der Waals surface area contributed by atoms with Crippen LogP contribution >= 0.6 is 0 Å². The van der Waals surface area contributed by atoms with E-state index in [1.807, 2.05) is 49.4 Å². The fourth-order valence-electron chi connectivity index (χ4n) is 2.18. The molecule has 4 nitrogen and oxygen atoms in total. The smallest absolute Gasteiger partial charge is 0.287 e. The number of nitrogens with two attached hydrogens (primary N) is 1. The number of benzene rings is 2. The molecule has 1 aromatic heterocycles. The van der Waals surface area contributed by atoms with E-state index in [4.69, 9.17) is 10.2 Å². The third-order valence-corrected chi connectivity index (χ3v) is 3.33. The van der Waals surface area contributed by atoms with Crippen LogP contribution in [0.25, 0.3) is 11.0 Å². The van der Waals surface area contributed by atoms with Gasteiger partial charge >= 0.3 is 0 Å². The van der Waals surface area contributed by atoms with Crippen molar-refractivity contribution in [3.8, 4) is 0 Å². The minimum Gasteiger partial charge on any atom is -0.451 e. The summed E-state index contributed by atoms with van der Waals surface area (Å²) in [5, 5.41) is 3.77. The maximum Gasteiger partial charge on any atom is 0.287 e. The zero-order valence-corrected chi connectivity index (χ0v) is 11.7. The van der Waals surface area contributed by atoms with Gasteiger partial charge in [0, 0.05) is 17.6 Å². The third-order valence-electron chi connectivity index (χ3n) is 3.33. The van der Waals surface area contributed by atoms with Crippen LogP contribution < -0.4 is 11.1 Å². The second kappa shape index (κ2) is 5.32. The fourth-order valence-corrected chi connectivity index (χ4v) is 2.18. The number of hydrogen-bond donors (Lipinski definition) is 2. The van der Waals surface area contributed by atoms with E-state index in [0.717, 1.165) is 22.1 Å². The van der Waals surface area contributed by atoms with E-state index in [1.165, 1.54) is 0 Å². The second-order valence-electron chi connectivity index (χ2n) is 5.08. The van der Waals surface area contributed by atoms with Crippen molar-refractivity contribution in [1.29, 1.82) is 0 Å². The molecule has 0 bridgehead atoms. The van der Waals surface area contributed by atoms with Crippen molar-refractivity contribution < 1.29 is 9.21 Å². The average molecular weight is 280 g/mol. The highest BCUT2D eigenvalue weighted by Gasteiger charge is 2.11. The molecule has 0 aliphatic heterocycles. The van der Waals surface area contributed by atoms with Crippen LogP contribution in [0.4, 0.5) is 5.69 Å². The highest BCUT2D eigenvalue weighted by Crippen LogP contribution is 2.20. The Morgan fingerprint density at radius 3 is 2.67 bits per heavy atom. The van der Waals surface area contributed by atoms with Gasteiger partial charge in [0.05, 0.1) is 0 Å². The summed E-state index contributed by atoms with van der Waals surface area (Å²) in [7, 11) is 0. The summed E-state index contributed by atoms with van der Waals surface area (Å²) in [5.41, 5.74) is 9.18. The van der Waals surface area contributed by atoms with Crippen LogP contribution in [0.15, 0.2) is 52.9 Å². The fraction of sp³-hybridized carbons (Fsp3) is 0.118. The number of nitrogen functional groups attached to an aromatic ring is 1. The molecule has 0 radical (unpaired) electrons. The molecule has 0 unspecified atom stereocenters. The molecule has 1 heterocycles. The molecule has 106 valence electrons. The number of nitrogens with one attached hydrogen (secondary N) is 1. The van der Waals surface area contributed by atoms with Crippen molar-refractivity contribution in [3.63, 3.8) is 0 Å². The first-order valence-corrected chi connectivity index (χ1v) is 6.74. The minimum atomic E-state index is -0.222. The molecule has 3 aromatic rings. The van der Waals surface area contributed by atoms with Crippen LogP contribution in [0, 0.1) is 6.92 Å². The Morgan fingerprint density at radius 1 is 1.14 bits per heavy atom. The third kappa shape index (κ3) is 2.89. The number of rotatable bonds is 3. The van der Waals surface area contributed by atoms with Crippen molar-refractivity contribution in [3.05, 3.63) is 65.4 Å². The Kier molecular flexibility index (Phi) is 3.36. The number of anilines is 1. The van der Waals surface area contributed by atoms with Gasteiger partial charge in [0.2, 0.25) is 0 Å². The van der Waals surface area contributed by atoms with E-state index >= 15 is 0 Å². The molecular weight excluding hydrogens is 264 g/mol. The first kappa shape index (κ1) is 13.2. The van der Waals surface area contributed by atoms with E-state index in [-0.39, 0.29) is 5.91 Å². The van der Waals surface area contributed by atoms with Crippen LogP contribution in [0.1, 0.15) is 21.7 Å². The number of aryl methyl sites for hydroxylation is 1. The summed E-state index contributed by atoms with van der Waals surface area (Å²) in [6.07, 6.45) is 0. The number of fused-ring (bicyclic) bond motifs is 1. The molecular formula is C17H16N2O2. The Bertz CT molecular complexity index is 788. The molecule has 0 atom stereocenters. The minimum absolute atomic E-state index is 0.222. The van der Waals surface area contributed by atoms with Crippen LogP contribution in [0.3, 0.4) is 0 Å². The first-order valence-electron chi connectivity index (χ1n) is 6.74. The summed E-state index contributed by atoms with van der Waals surface area (Å²) >= 11 is 0. The lowest BCUT2D eigenvalue weighted by Crippen LogP contribution is -2.22. The molecule has 3 N–H and O–H groups in total. The molecule has 0 fully saturated rings. The lowest BCUT2D eigenvalue weighted by atomic mass is 10.2. The van der Waals surface area contributed by atoms with E-state index in [9.17, 15) is 4.79 Å². The number of hydrogen-bond acceptors (Lipinski definition) is 3. The number of carbonyl (C=O) groups excluding carboxylic acids is 1. The molecule has 0 aliphatic carbocycles. The monoisotopic (exact) mass is 280 g/mol. The van der Waals surface area contributed by atoms with Gasteiger partial charge < -0.3 is 15.5 Å². The molecule has 0 aliphatic rings. The standard InChI is InChI=1S/C17H16N2O2/c1-11-2-7-15-13(8-11)9-16(21-15)17(20)19-10-12-3-5-14(18)6-4-12/h2-9H,10,18H2,1H3,(H,19,20). The highest BCUT2D eigenvalue weighted by molar-refractivity contribution is 5.96. The summed E-state index contributed by atoms with van der Waals surface area (Å²) in [6, 6.07) is 15.0. The van der Waals surface area contributed by atoms with Gasteiger partial charge in [0.1, 0.15) is 5.58 Å². The van der Waals surface area contributed by atoms with Crippen molar-refractivity contribution in [1.82, 2.24) is 5.32 Å². The second-order valence-corrected chi connectivity index (χ2v) is 5.08. The normalized spacial score (nSPS) is 10.7. The summed E-state index contributed by atoms with van der Waals surface area (Å²) in [5.74, 6) is 0.103. The van der Waals surface area contributed by atoms with Gasteiger partial charge in [-0.25, -0.2) is 0 Å². The predicted molar refractivity (Wildman–Crippen MR) is 83.0 cm³/mol. The Labute approximate surface area is 122 Å². The van der Waals surface area contributed by atoms with Gasteiger partial charge in [-0.3, -0.25) is 4.79 Å². The van der Waals surface area contributed by atoms with Crippen LogP contribution in [-0.4, -0.2) is 5.91 Å². The predicted octanol–water partition coefficient (Wildman–Crippen LogP) is 3.25. The summed E-state index contributed by atoms with van der Waals surface area (Å²) in [6.45, 7) is 2.45. The zero-order chi connectivity index (χ0) is 14.8. The van der Waals surface area contributed by atoms with Gasteiger partial charge in [-0.15, -0.1) is 0 Å². The largest absolute Gasteiger partial charge is 0.451 e. The van der Waals surface area contributed by atoms with E-state index in [2.05, 4.69) is 5.32 Å². The van der Waals surface area contributed by atoms with Gasteiger partial charge in [0.15, 0.2) is 5.76 Å². The molecule has 1 amide bonds. The van der Waals surface area contributed by atoms with Gasteiger partial charge in [-0.05, 0) is 42.8 Å². The molecule has 0 saturated carbocycles. The maximum atomic E-state index is 12.1. The van der Waals surface area contributed by atoms with Crippen LogP contribution in [0.2, 0.25) is 0 Å². The van der Waals surface area contributed by atoms with Gasteiger partial charge in [-0.1, -0.05) is 23.8 Å². The average Bonchev–Trinajstić information content (AvgIpc) is 2.89. The Hall–Kier alpha value is -2.75. The Morgan fingerprint density at radius 2 is 1.90 bits per heavy atom. The van der Waals surface area contributed by atoms with Gasteiger partial charge in [-0.2, -0.15) is 0 Å². The quantitative estimate of drug-likeness (QED) is 0.724. The molecule has 21 heavy (non-hydrogen) atoms. The van der Waals surface area contributed by atoms with Gasteiger partial charge in [0.25, 0.3) is 5.91 Å². The molecule has 3 rings (SSSR count). The number of furan rings is 1. The molecule has 2 aromatic carbocycles. The Balaban J connectivity index is 1.73. The van der Waals surface area contributed by atoms with Crippen molar-refractivity contribution in [2.45, 2.75) is 13.5 Å². The van der Waals surface area contributed by atoms with Crippen LogP contribution in [-0.2, 0) is 6.54 Å². The van der Waals surface area contributed by atoms with Crippen molar-refractivity contribution in [2.24, 2.45) is 0 Å². The topological polar surface area (TPSA) is 68.3 Å².